The molecule has 6 heteroatoms. The Kier molecular flexibility index (Phi) is 3.12. The van der Waals surface area contributed by atoms with Crippen LogP contribution in [-0.2, 0) is 4.79 Å². The molecule has 1 amide bonds. The molecule has 0 aromatic carbocycles. The summed E-state index contributed by atoms with van der Waals surface area (Å²) in [6.07, 6.45) is 0.0959. The van der Waals surface area contributed by atoms with Gasteiger partial charge in [-0.25, -0.2) is 0 Å². The van der Waals surface area contributed by atoms with E-state index in [1.54, 1.807) is 6.92 Å². The Hall–Kier alpha value is -1.01. The predicted octanol–water partition coefficient (Wildman–Crippen LogP) is 0.167. The van der Waals surface area contributed by atoms with E-state index >= 15 is 0 Å². The summed E-state index contributed by atoms with van der Waals surface area (Å²) in [5, 5.41) is 19.6. The van der Waals surface area contributed by atoms with Gasteiger partial charge in [0.25, 0.3) is 0 Å². The minimum Gasteiger partial charge on any atom is -0.396 e. The quantitative estimate of drug-likeness (QED) is 0.707. The lowest BCUT2D eigenvalue weighted by Crippen LogP contribution is -2.12. The highest BCUT2D eigenvalue weighted by atomic mass is 32.1. The molecule has 66 valence electrons. The number of aliphatic hydroxyl groups is 1. The molecule has 12 heavy (non-hydrogen) atoms. The minimum absolute atomic E-state index is 0.0959. The van der Waals surface area contributed by atoms with Gasteiger partial charge in [-0.2, -0.15) is 0 Å². The monoisotopic (exact) mass is 187 g/mol. The molecule has 5 nitrogen and oxygen atoms in total. The topological polar surface area (TPSA) is 75.1 Å². The Bertz CT molecular complexity index is 274. The summed E-state index contributed by atoms with van der Waals surface area (Å²) in [7, 11) is 0. The highest BCUT2D eigenvalue weighted by molar-refractivity contribution is 7.15. The lowest BCUT2D eigenvalue weighted by molar-refractivity contribution is -0.116. The van der Waals surface area contributed by atoms with Crippen LogP contribution in [0.25, 0.3) is 0 Å². The predicted molar refractivity (Wildman–Crippen MR) is 45.0 cm³/mol. The normalized spacial score (nSPS) is 9.83. The van der Waals surface area contributed by atoms with Gasteiger partial charge in [0.1, 0.15) is 5.01 Å². The van der Waals surface area contributed by atoms with E-state index in [4.69, 9.17) is 5.11 Å². The van der Waals surface area contributed by atoms with Gasteiger partial charge in [0, 0.05) is 0 Å². The molecule has 0 aliphatic heterocycles. The first-order valence-electron chi connectivity index (χ1n) is 3.43. The van der Waals surface area contributed by atoms with Gasteiger partial charge in [-0.3, -0.25) is 4.79 Å². The van der Waals surface area contributed by atoms with Crippen LogP contribution >= 0.6 is 11.3 Å². The molecule has 2 N–H and O–H groups in total. The second kappa shape index (κ2) is 4.13. The molecular weight excluding hydrogens is 178 g/mol. The van der Waals surface area contributed by atoms with E-state index in [1.165, 1.54) is 11.3 Å². The van der Waals surface area contributed by atoms with Gasteiger partial charge in [0.2, 0.25) is 11.0 Å². The Morgan fingerprint density at radius 1 is 1.67 bits per heavy atom. The van der Waals surface area contributed by atoms with Crippen LogP contribution in [0, 0.1) is 6.92 Å². The largest absolute Gasteiger partial charge is 0.396 e. The van der Waals surface area contributed by atoms with E-state index in [-0.39, 0.29) is 18.9 Å². The Morgan fingerprint density at radius 3 is 2.92 bits per heavy atom. The number of nitrogens with one attached hydrogen (secondary N) is 1. The molecule has 0 aliphatic rings. The standard InChI is InChI=1S/C6H9N3O2S/c1-4-8-9-6(12-4)7-5(11)2-3-10/h10H,2-3H2,1H3,(H,7,9,11). The lowest BCUT2D eigenvalue weighted by atomic mass is 10.4. The van der Waals surface area contributed by atoms with Crippen molar-refractivity contribution in [3.05, 3.63) is 5.01 Å². The van der Waals surface area contributed by atoms with Crippen LogP contribution in [0.2, 0.25) is 0 Å². The molecule has 0 saturated heterocycles. The molecule has 0 aliphatic carbocycles. The third kappa shape index (κ3) is 2.55. The van der Waals surface area contributed by atoms with Crippen molar-refractivity contribution < 1.29 is 9.90 Å². The SMILES string of the molecule is Cc1nnc(NC(=O)CCO)s1. The summed E-state index contributed by atoms with van der Waals surface area (Å²) < 4.78 is 0. The lowest BCUT2D eigenvalue weighted by Gasteiger charge is -1.96. The number of rotatable bonds is 3. The summed E-state index contributed by atoms with van der Waals surface area (Å²) in [6, 6.07) is 0. The highest BCUT2D eigenvalue weighted by Crippen LogP contribution is 2.13. The molecule has 0 fully saturated rings. The molecule has 1 rings (SSSR count). The van der Waals surface area contributed by atoms with Crippen LogP contribution in [0.5, 0.6) is 0 Å². The molecule has 0 unspecified atom stereocenters. The molecule has 1 heterocycles. The molecule has 0 atom stereocenters. The summed E-state index contributed by atoms with van der Waals surface area (Å²) in [5.74, 6) is -0.242. The van der Waals surface area contributed by atoms with Crippen molar-refractivity contribution in [3.8, 4) is 0 Å². The second-order valence-corrected chi connectivity index (χ2v) is 3.33. The second-order valence-electron chi connectivity index (χ2n) is 2.15. The average Bonchev–Trinajstić information content (AvgIpc) is 2.36. The maximum Gasteiger partial charge on any atom is 0.228 e. The van der Waals surface area contributed by atoms with Crippen molar-refractivity contribution in [2.45, 2.75) is 13.3 Å². The van der Waals surface area contributed by atoms with Gasteiger partial charge < -0.3 is 10.4 Å². The van der Waals surface area contributed by atoms with Gasteiger partial charge in [0.05, 0.1) is 13.0 Å². The van der Waals surface area contributed by atoms with Crippen LogP contribution in [0.1, 0.15) is 11.4 Å². The number of hydrogen-bond acceptors (Lipinski definition) is 5. The number of aromatic nitrogens is 2. The zero-order chi connectivity index (χ0) is 8.97. The Labute approximate surface area is 73.4 Å². The maximum atomic E-state index is 10.9. The van der Waals surface area contributed by atoms with Crippen LogP contribution in [-0.4, -0.2) is 27.8 Å². The van der Waals surface area contributed by atoms with E-state index in [0.717, 1.165) is 5.01 Å². The van der Waals surface area contributed by atoms with Crippen molar-refractivity contribution in [1.29, 1.82) is 0 Å². The number of anilines is 1. The first kappa shape index (κ1) is 9.08. The van der Waals surface area contributed by atoms with E-state index < -0.39 is 0 Å². The van der Waals surface area contributed by atoms with Crippen molar-refractivity contribution in [2.24, 2.45) is 0 Å². The fraction of sp³-hybridized carbons (Fsp3) is 0.500. The van der Waals surface area contributed by atoms with E-state index in [0.29, 0.717) is 5.13 Å². The fourth-order valence-corrected chi connectivity index (χ4v) is 1.24. The van der Waals surface area contributed by atoms with Crippen LogP contribution in [0.4, 0.5) is 5.13 Å². The number of aliphatic hydroxyl groups excluding tert-OH is 1. The minimum atomic E-state index is -0.242. The van der Waals surface area contributed by atoms with Gasteiger partial charge in [-0.1, -0.05) is 11.3 Å². The van der Waals surface area contributed by atoms with E-state index in [1.807, 2.05) is 0 Å². The molecule has 0 spiro atoms. The van der Waals surface area contributed by atoms with Gasteiger partial charge >= 0.3 is 0 Å². The number of carbonyl (C=O) groups is 1. The summed E-state index contributed by atoms with van der Waals surface area (Å²) in [5.41, 5.74) is 0. The Morgan fingerprint density at radius 2 is 2.42 bits per heavy atom. The summed E-state index contributed by atoms with van der Waals surface area (Å²) >= 11 is 1.31. The van der Waals surface area contributed by atoms with Crippen LogP contribution in [0.15, 0.2) is 0 Å². The molecular formula is C6H9N3O2S. The smallest absolute Gasteiger partial charge is 0.228 e. The number of aryl methyl sites for hydroxylation is 1. The third-order valence-electron chi connectivity index (χ3n) is 1.11. The van der Waals surface area contributed by atoms with Gasteiger partial charge in [-0.05, 0) is 6.92 Å². The van der Waals surface area contributed by atoms with Gasteiger partial charge in [-0.15, -0.1) is 10.2 Å². The van der Waals surface area contributed by atoms with E-state index in [9.17, 15) is 4.79 Å². The molecule has 0 radical (unpaired) electrons. The third-order valence-corrected chi connectivity index (χ3v) is 1.87. The average molecular weight is 187 g/mol. The molecule has 1 aromatic rings. The molecule has 0 saturated carbocycles. The number of carbonyl (C=O) groups excluding carboxylic acids is 1. The van der Waals surface area contributed by atoms with Crippen molar-refractivity contribution >= 4 is 22.4 Å². The summed E-state index contributed by atoms with van der Waals surface area (Å²) in [6.45, 7) is 1.66. The first-order chi connectivity index (χ1) is 5.72. The van der Waals surface area contributed by atoms with Crippen LogP contribution in [0.3, 0.4) is 0 Å². The zero-order valence-corrected chi connectivity index (χ0v) is 7.39. The van der Waals surface area contributed by atoms with Crippen molar-refractivity contribution in [1.82, 2.24) is 10.2 Å². The number of nitrogens with zero attached hydrogens (tertiary/aromatic N) is 2. The number of hydrogen-bond donors (Lipinski definition) is 2. The van der Waals surface area contributed by atoms with Gasteiger partial charge in [0.15, 0.2) is 0 Å². The highest BCUT2D eigenvalue weighted by Gasteiger charge is 2.04. The van der Waals surface area contributed by atoms with Crippen molar-refractivity contribution in [2.75, 3.05) is 11.9 Å². The zero-order valence-electron chi connectivity index (χ0n) is 6.57. The van der Waals surface area contributed by atoms with Crippen molar-refractivity contribution in [3.63, 3.8) is 0 Å². The first-order valence-corrected chi connectivity index (χ1v) is 4.25. The van der Waals surface area contributed by atoms with Crippen LogP contribution < -0.4 is 5.32 Å². The maximum absolute atomic E-state index is 10.9. The molecule has 1 aromatic heterocycles. The Balaban J connectivity index is 2.46. The van der Waals surface area contributed by atoms with E-state index in [2.05, 4.69) is 15.5 Å². The molecule has 0 bridgehead atoms. The summed E-state index contributed by atoms with van der Waals surface area (Å²) in [4.78, 5) is 10.9. The number of amides is 1. The fourth-order valence-electron chi connectivity index (χ4n) is 0.630.